The van der Waals surface area contributed by atoms with Gasteiger partial charge in [0.2, 0.25) is 5.75 Å². The van der Waals surface area contributed by atoms with Gasteiger partial charge in [-0.3, -0.25) is 4.90 Å². The van der Waals surface area contributed by atoms with E-state index in [9.17, 15) is 10.2 Å². The highest BCUT2D eigenvalue weighted by Crippen LogP contribution is 2.39. The zero-order chi connectivity index (χ0) is 14.5. The highest BCUT2D eigenvalue weighted by atomic mass is 35.5. The number of halogens is 1. The SMILES string of the molecule is COc1cc([C@@H](CO)N2CCNCC2)cc(OC)c1O.Cl. The zero-order valence-corrected chi connectivity index (χ0v) is 13.2. The molecule has 1 aliphatic rings. The second-order valence-electron chi connectivity index (χ2n) is 4.76. The summed E-state index contributed by atoms with van der Waals surface area (Å²) in [5, 5.41) is 23.0. The molecule has 0 radical (unpaired) electrons. The molecule has 1 aliphatic heterocycles. The molecule has 2 rings (SSSR count). The quantitative estimate of drug-likeness (QED) is 0.745. The van der Waals surface area contributed by atoms with Crippen molar-refractivity contribution in [1.82, 2.24) is 10.2 Å². The molecule has 0 unspecified atom stereocenters. The fraction of sp³-hybridized carbons (Fsp3) is 0.571. The van der Waals surface area contributed by atoms with Crippen molar-refractivity contribution in [1.29, 1.82) is 0 Å². The predicted octanol–water partition coefficient (Wildman–Crippen LogP) is 0.770. The van der Waals surface area contributed by atoms with Gasteiger partial charge in [0.1, 0.15) is 0 Å². The van der Waals surface area contributed by atoms with Crippen molar-refractivity contribution in [3.05, 3.63) is 17.7 Å². The molecule has 1 heterocycles. The largest absolute Gasteiger partial charge is 0.502 e. The Labute approximate surface area is 131 Å². The molecule has 1 fully saturated rings. The first-order valence-corrected chi connectivity index (χ1v) is 6.71. The summed E-state index contributed by atoms with van der Waals surface area (Å²) in [6.45, 7) is 3.57. The van der Waals surface area contributed by atoms with Crippen molar-refractivity contribution < 1.29 is 19.7 Å². The van der Waals surface area contributed by atoms with E-state index in [4.69, 9.17) is 9.47 Å². The maximum Gasteiger partial charge on any atom is 0.200 e. The molecule has 6 nitrogen and oxygen atoms in total. The summed E-state index contributed by atoms with van der Waals surface area (Å²) >= 11 is 0. The Morgan fingerprint density at radius 2 is 1.71 bits per heavy atom. The van der Waals surface area contributed by atoms with Crippen LogP contribution in [0.25, 0.3) is 0 Å². The van der Waals surface area contributed by atoms with Crippen LogP contribution in [0.3, 0.4) is 0 Å². The maximum absolute atomic E-state index is 9.94. The number of hydrogen-bond donors (Lipinski definition) is 3. The van der Waals surface area contributed by atoms with Gasteiger partial charge in [-0.15, -0.1) is 12.4 Å². The van der Waals surface area contributed by atoms with E-state index in [1.165, 1.54) is 14.2 Å². The number of rotatable bonds is 5. The molecular formula is C14H23ClN2O4. The molecule has 7 heteroatoms. The Bertz CT molecular complexity index is 428. The van der Waals surface area contributed by atoms with Crippen molar-refractivity contribution in [3.63, 3.8) is 0 Å². The first-order valence-electron chi connectivity index (χ1n) is 6.71. The average Bonchev–Trinajstić information content (AvgIpc) is 2.50. The summed E-state index contributed by atoms with van der Waals surface area (Å²) in [4.78, 5) is 2.21. The molecule has 1 atom stereocenters. The molecule has 21 heavy (non-hydrogen) atoms. The van der Waals surface area contributed by atoms with Gasteiger partial charge in [0.05, 0.1) is 26.9 Å². The summed E-state index contributed by atoms with van der Waals surface area (Å²) in [7, 11) is 2.99. The van der Waals surface area contributed by atoms with Gasteiger partial charge >= 0.3 is 0 Å². The summed E-state index contributed by atoms with van der Waals surface area (Å²) in [6.07, 6.45) is 0. The van der Waals surface area contributed by atoms with Gasteiger partial charge < -0.3 is 25.0 Å². The smallest absolute Gasteiger partial charge is 0.200 e. The number of aromatic hydroxyl groups is 1. The molecular weight excluding hydrogens is 296 g/mol. The lowest BCUT2D eigenvalue weighted by atomic mass is 10.0. The predicted molar refractivity (Wildman–Crippen MR) is 82.7 cm³/mol. The lowest BCUT2D eigenvalue weighted by Gasteiger charge is -2.34. The van der Waals surface area contributed by atoms with Crippen molar-refractivity contribution in [3.8, 4) is 17.2 Å². The molecule has 1 aromatic rings. The average molecular weight is 319 g/mol. The van der Waals surface area contributed by atoms with Crippen molar-refractivity contribution in [2.24, 2.45) is 0 Å². The zero-order valence-electron chi connectivity index (χ0n) is 12.3. The minimum atomic E-state index is -0.125. The second-order valence-corrected chi connectivity index (χ2v) is 4.76. The van der Waals surface area contributed by atoms with Crippen molar-refractivity contribution in [2.45, 2.75) is 6.04 Å². The molecule has 0 spiro atoms. The van der Waals surface area contributed by atoms with E-state index in [2.05, 4.69) is 10.2 Å². The molecule has 0 bridgehead atoms. The van der Waals surface area contributed by atoms with Crippen molar-refractivity contribution >= 4 is 12.4 Å². The number of aliphatic hydroxyl groups is 1. The number of nitrogens with one attached hydrogen (secondary N) is 1. The van der Waals surface area contributed by atoms with Crippen LogP contribution < -0.4 is 14.8 Å². The Hall–Kier alpha value is -1.21. The van der Waals surface area contributed by atoms with Crippen LogP contribution >= 0.6 is 12.4 Å². The van der Waals surface area contributed by atoms with Crippen LogP contribution in [-0.2, 0) is 0 Å². The Kier molecular flexibility index (Phi) is 7.04. The third-order valence-corrected chi connectivity index (χ3v) is 3.65. The van der Waals surface area contributed by atoms with Crippen LogP contribution in [0, 0.1) is 0 Å². The molecule has 0 aliphatic carbocycles. The lowest BCUT2D eigenvalue weighted by Crippen LogP contribution is -2.46. The monoisotopic (exact) mass is 318 g/mol. The number of nitrogens with zero attached hydrogens (tertiary/aromatic N) is 1. The number of phenols is 1. The molecule has 120 valence electrons. The molecule has 0 amide bonds. The molecule has 0 saturated carbocycles. The first kappa shape index (κ1) is 17.8. The van der Waals surface area contributed by atoms with Gasteiger partial charge in [-0.1, -0.05) is 0 Å². The Morgan fingerprint density at radius 1 is 1.19 bits per heavy atom. The van der Waals surface area contributed by atoms with E-state index >= 15 is 0 Å². The van der Waals surface area contributed by atoms with Gasteiger partial charge in [0.15, 0.2) is 11.5 Å². The van der Waals surface area contributed by atoms with Crippen LogP contribution in [0.1, 0.15) is 11.6 Å². The summed E-state index contributed by atoms with van der Waals surface area (Å²) < 4.78 is 10.3. The van der Waals surface area contributed by atoms with Crippen LogP contribution in [0.2, 0.25) is 0 Å². The number of benzene rings is 1. The van der Waals surface area contributed by atoms with E-state index < -0.39 is 0 Å². The first-order chi connectivity index (χ1) is 9.71. The standard InChI is InChI=1S/C14H22N2O4.ClH/c1-19-12-7-10(8-13(20-2)14(12)18)11(9-17)16-5-3-15-4-6-16;/h7-8,11,15,17-18H,3-6,9H2,1-2H3;1H/t11-;/m1./s1. The number of hydrogen-bond acceptors (Lipinski definition) is 6. The van der Waals surface area contributed by atoms with Gasteiger partial charge in [-0.25, -0.2) is 0 Å². The minimum Gasteiger partial charge on any atom is -0.502 e. The highest BCUT2D eigenvalue weighted by molar-refractivity contribution is 5.85. The number of methoxy groups -OCH3 is 2. The topological polar surface area (TPSA) is 74.2 Å². The number of ether oxygens (including phenoxy) is 2. The molecule has 1 saturated heterocycles. The number of phenolic OH excluding ortho intramolecular Hbond substituents is 1. The second kappa shape index (κ2) is 8.29. The van der Waals surface area contributed by atoms with Gasteiger partial charge in [0.25, 0.3) is 0 Å². The van der Waals surface area contributed by atoms with Crippen molar-refractivity contribution in [2.75, 3.05) is 47.0 Å². The summed E-state index contributed by atoms with van der Waals surface area (Å²) in [5.41, 5.74) is 0.876. The van der Waals surface area contributed by atoms with Gasteiger partial charge in [-0.2, -0.15) is 0 Å². The van der Waals surface area contributed by atoms with E-state index in [1.54, 1.807) is 12.1 Å². The third kappa shape index (κ3) is 3.91. The lowest BCUT2D eigenvalue weighted by molar-refractivity contribution is 0.110. The normalized spacial score (nSPS) is 16.9. The maximum atomic E-state index is 9.94. The van der Waals surface area contributed by atoms with Crippen LogP contribution in [-0.4, -0.2) is 62.1 Å². The highest BCUT2D eigenvalue weighted by Gasteiger charge is 2.24. The molecule has 1 aromatic carbocycles. The van der Waals surface area contributed by atoms with E-state index in [0.717, 1.165) is 31.7 Å². The van der Waals surface area contributed by atoms with Gasteiger partial charge in [0, 0.05) is 26.2 Å². The van der Waals surface area contributed by atoms with Gasteiger partial charge in [-0.05, 0) is 17.7 Å². The number of aliphatic hydroxyl groups excluding tert-OH is 1. The van der Waals surface area contributed by atoms with E-state index in [1.807, 2.05) is 0 Å². The van der Waals surface area contributed by atoms with E-state index in [-0.39, 0.29) is 30.8 Å². The summed E-state index contributed by atoms with van der Waals surface area (Å²) in [6, 6.07) is 3.38. The van der Waals surface area contributed by atoms with E-state index in [0.29, 0.717) is 11.5 Å². The minimum absolute atomic E-state index is 0. The Morgan fingerprint density at radius 3 is 2.14 bits per heavy atom. The Balaban J connectivity index is 0.00000220. The fourth-order valence-electron chi connectivity index (χ4n) is 2.53. The summed E-state index contributed by atoms with van der Waals surface area (Å²) in [5.74, 6) is 0.691. The molecule has 0 aromatic heterocycles. The van der Waals surface area contributed by atoms with Crippen LogP contribution in [0.5, 0.6) is 17.2 Å². The third-order valence-electron chi connectivity index (χ3n) is 3.65. The van der Waals surface area contributed by atoms with Crippen LogP contribution in [0.15, 0.2) is 12.1 Å². The molecule has 3 N–H and O–H groups in total. The number of piperazine rings is 1. The fourth-order valence-corrected chi connectivity index (χ4v) is 2.53. The van der Waals surface area contributed by atoms with Crippen LogP contribution in [0.4, 0.5) is 0 Å².